The van der Waals surface area contributed by atoms with E-state index in [1.165, 1.54) is 12.1 Å². The van der Waals surface area contributed by atoms with E-state index in [4.69, 9.17) is 9.72 Å². The Bertz CT molecular complexity index is 1590. The number of pyridine rings is 1. The maximum atomic E-state index is 14.0. The molecule has 1 unspecified atom stereocenters. The maximum Gasteiger partial charge on any atom is 0.335 e. The van der Waals surface area contributed by atoms with Gasteiger partial charge in [-0.25, -0.2) is 14.0 Å². The van der Waals surface area contributed by atoms with Crippen LogP contribution in [-0.4, -0.2) is 20.3 Å². The number of nitrogens with zero attached hydrogens (tertiary/aromatic N) is 2. The first-order chi connectivity index (χ1) is 18.0. The number of aromatic nitrogens is 1. The fourth-order valence-corrected chi connectivity index (χ4v) is 5.33. The van der Waals surface area contributed by atoms with Crippen LogP contribution in [-0.2, 0) is 17.5 Å². The summed E-state index contributed by atoms with van der Waals surface area (Å²) in [5.74, 6) is 0.893. The van der Waals surface area contributed by atoms with Crippen molar-refractivity contribution < 1.29 is 18.8 Å². The highest BCUT2D eigenvalue weighted by Gasteiger charge is 2.23. The summed E-state index contributed by atoms with van der Waals surface area (Å²) in [5, 5.41) is 11.3. The molecule has 0 saturated heterocycles. The van der Waals surface area contributed by atoms with Crippen LogP contribution in [0.1, 0.15) is 21.5 Å². The van der Waals surface area contributed by atoms with Crippen molar-refractivity contribution >= 4 is 33.5 Å². The molecule has 7 heteroatoms. The number of para-hydroxylation sites is 2. The number of aromatic carboxylic acids is 1. The summed E-state index contributed by atoms with van der Waals surface area (Å²) in [4.78, 5) is 16.5. The molecule has 1 N–H and O–H groups in total. The molecular formula is C30H24N2O4S. The van der Waals surface area contributed by atoms with Crippen LogP contribution in [0.2, 0.25) is 0 Å². The lowest BCUT2D eigenvalue weighted by molar-refractivity contribution is 0.0696. The zero-order valence-corrected chi connectivity index (χ0v) is 20.9. The average molecular weight is 509 g/mol. The SMILES string of the molecule is Cc1c(N(Cc2ccccc2Oc2ccccc2)S(=O)c2ccc(C(=O)O)cc2)ncc2ccccc12. The molecule has 1 aromatic heterocycles. The summed E-state index contributed by atoms with van der Waals surface area (Å²) in [6.07, 6.45) is 1.78. The van der Waals surface area contributed by atoms with Crippen LogP contribution in [0.3, 0.4) is 0 Å². The number of carboxylic acid groups (broad SMARTS) is 1. The van der Waals surface area contributed by atoms with Crippen LogP contribution in [0.15, 0.2) is 114 Å². The minimum Gasteiger partial charge on any atom is -0.478 e. The second-order valence-electron chi connectivity index (χ2n) is 8.43. The highest BCUT2D eigenvalue weighted by molar-refractivity contribution is 7.86. The third-order valence-corrected chi connectivity index (χ3v) is 7.40. The van der Waals surface area contributed by atoms with Gasteiger partial charge < -0.3 is 9.84 Å². The number of rotatable bonds is 8. The average Bonchev–Trinajstić information content (AvgIpc) is 2.93. The van der Waals surface area contributed by atoms with Crippen molar-refractivity contribution in [3.8, 4) is 11.5 Å². The molecule has 0 aliphatic rings. The highest BCUT2D eigenvalue weighted by Crippen LogP contribution is 2.32. The summed E-state index contributed by atoms with van der Waals surface area (Å²) in [7, 11) is -1.68. The minimum atomic E-state index is -1.68. The zero-order valence-electron chi connectivity index (χ0n) is 20.1. The first kappa shape index (κ1) is 24.2. The van der Waals surface area contributed by atoms with Gasteiger partial charge in [0.15, 0.2) is 11.0 Å². The highest BCUT2D eigenvalue weighted by atomic mass is 32.2. The third-order valence-electron chi connectivity index (χ3n) is 6.02. The van der Waals surface area contributed by atoms with Gasteiger partial charge in [-0.05, 0) is 54.8 Å². The number of hydrogen-bond donors (Lipinski definition) is 1. The van der Waals surface area contributed by atoms with E-state index in [0.717, 1.165) is 21.9 Å². The van der Waals surface area contributed by atoms with Gasteiger partial charge >= 0.3 is 5.97 Å². The van der Waals surface area contributed by atoms with E-state index in [-0.39, 0.29) is 12.1 Å². The van der Waals surface area contributed by atoms with Crippen molar-refractivity contribution in [3.63, 3.8) is 0 Å². The van der Waals surface area contributed by atoms with Gasteiger partial charge in [-0.15, -0.1) is 0 Å². The van der Waals surface area contributed by atoms with Crippen LogP contribution in [0.4, 0.5) is 5.82 Å². The van der Waals surface area contributed by atoms with Crippen molar-refractivity contribution in [1.82, 2.24) is 4.98 Å². The number of carboxylic acids is 1. The lowest BCUT2D eigenvalue weighted by Gasteiger charge is -2.25. The lowest BCUT2D eigenvalue weighted by atomic mass is 10.1. The number of hydrogen-bond acceptors (Lipinski definition) is 4. The Hall–Kier alpha value is -4.49. The molecule has 6 nitrogen and oxygen atoms in total. The van der Waals surface area contributed by atoms with Crippen molar-refractivity contribution in [3.05, 3.63) is 126 Å². The van der Waals surface area contributed by atoms with Gasteiger partial charge in [0.05, 0.1) is 17.0 Å². The van der Waals surface area contributed by atoms with Crippen LogP contribution < -0.4 is 9.04 Å². The quantitative estimate of drug-likeness (QED) is 0.250. The molecule has 0 radical (unpaired) electrons. The van der Waals surface area contributed by atoms with Gasteiger partial charge in [0, 0.05) is 22.7 Å². The third kappa shape index (κ3) is 5.22. The Labute approximate surface area is 217 Å². The predicted molar refractivity (Wildman–Crippen MR) is 145 cm³/mol. The molecular weight excluding hydrogens is 484 g/mol. The molecule has 184 valence electrons. The molecule has 37 heavy (non-hydrogen) atoms. The molecule has 1 atom stereocenters. The summed E-state index contributed by atoms with van der Waals surface area (Å²) in [6.45, 7) is 2.22. The van der Waals surface area contributed by atoms with Crippen molar-refractivity contribution in [2.24, 2.45) is 0 Å². The Morgan fingerprint density at radius 2 is 1.57 bits per heavy atom. The second kappa shape index (κ2) is 10.6. The molecule has 0 saturated carbocycles. The summed E-state index contributed by atoms with van der Waals surface area (Å²) in [5.41, 5.74) is 1.86. The van der Waals surface area contributed by atoms with Crippen LogP contribution in [0.25, 0.3) is 10.8 Å². The molecule has 5 rings (SSSR count). The van der Waals surface area contributed by atoms with Gasteiger partial charge in [-0.1, -0.05) is 60.7 Å². The zero-order chi connectivity index (χ0) is 25.8. The Kier molecular flexibility index (Phi) is 6.96. The van der Waals surface area contributed by atoms with E-state index in [2.05, 4.69) is 0 Å². The van der Waals surface area contributed by atoms with Crippen molar-refractivity contribution in [1.29, 1.82) is 0 Å². The van der Waals surface area contributed by atoms with E-state index in [1.807, 2.05) is 85.8 Å². The van der Waals surface area contributed by atoms with Gasteiger partial charge in [0.1, 0.15) is 17.3 Å². The van der Waals surface area contributed by atoms with Gasteiger partial charge in [-0.2, -0.15) is 0 Å². The van der Waals surface area contributed by atoms with Gasteiger partial charge in [0.25, 0.3) is 0 Å². The van der Waals surface area contributed by atoms with Crippen LogP contribution in [0, 0.1) is 6.92 Å². The Morgan fingerprint density at radius 1 is 0.892 bits per heavy atom. The largest absolute Gasteiger partial charge is 0.478 e. The smallest absolute Gasteiger partial charge is 0.335 e. The monoisotopic (exact) mass is 508 g/mol. The van der Waals surface area contributed by atoms with Crippen LogP contribution in [0.5, 0.6) is 11.5 Å². The lowest BCUT2D eigenvalue weighted by Crippen LogP contribution is -2.27. The van der Waals surface area contributed by atoms with Crippen molar-refractivity contribution in [2.45, 2.75) is 18.4 Å². The number of ether oxygens (including phenoxy) is 1. The van der Waals surface area contributed by atoms with E-state index >= 15 is 0 Å². The number of benzene rings is 4. The number of anilines is 1. The van der Waals surface area contributed by atoms with E-state index in [1.54, 1.807) is 22.6 Å². The minimum absolute atomic E-state index is 0.133. The van der Waals surface area contributed by atoms with Gasteiger partial charge in [-0.3, -0.25) is 4.31 Å². The molecule has 0 fully saturated rings. The molecule has 0 aliphatic carbocycles. The first-order valence-electron chi connectivity index (χ1n) is 11.7. The van der Waals surface area contributed by atoms with E-state index in [0.29, 0.717) is 22.2 Å². The molecule has 0 spiro atoms. The fourth-order valence-electron chi connectivity index (χ4n) is 4.11. The van der Waals surface area contributed by atoms with Crippen molar-refractivity contribution in [2.75, 3.05) is 4.31 Å². The second-order valence-corrected chi connectivity index (χ2v) is 9.84. The summed E-state index contributed by atoms with van der Waals surface area (Å²) < 4.78 is 21.9. The Balaban J connectivity index is 1.58. The van der Waals surface area contributed by atoms with Gasteiger partial charge in [0.2, 0.25) is 0 Å². The predicted octanol–water partition coefficient (Wildman–Crippen LogP) is 6.76. The summed E-state index contributed by atoms with van der Waals surface area (Å²) >= 11 is 0. The normalized spacial score (nSPS) is 11.7. The van der Waals surface area contributed by atoms with E-state index in [9.17, 15) is 14.1 Å². The molecule has 0 amide bonds. The molecule has 0 bridgehead atoms. The molecule has 1 heterocycles. The topological polar surface area (TPSA) is 79.7 Å². The Morgan fingerprint density at radius 3 is 2.32 bits per heavy atom. The fraction of sp³-hybridized carbons (Fsp3) is 0.0667. The molecule has 0 aliphatic heterocycles. The number of fused-ring (bicyclic) bond motifs is 1. The number of aryl methyl sites for hydroxylation is 1. The molecule has 5 aromatic rings. The number of carbonyl (C=O) groups is 1. The molecule has 4 aromatic carbocycles. The maximum absolute atomic E-state index is 14.0. The standard InChI is InChI=1S/C30H24N2O4S/c1-21-27-13-7-5-9-23(27)19-31-29(21)32(37(35)26-17-15-22(16-18-26)30(33)34)20-24-10-6-8-14-28(24)36-25-11-3-2-4-12-25/h2-19H,20H2,1H3,(H,33,34). The van der Waals surface area contributed by atoms with Crippen LogP contribution >= 0.6 is 0 Å². The first-order valence-corrected chi connectivity index (χ1v) is 12.8. The van der Waals surface area contributed by atoms with E-state index < -0.39 is 17.0 Å². The summed E-state index contributed by atoms with van der Waals surface area (Å²) in [6, 6.07) is 31.1.